The highest BCUT2D eigenvalue weighted by Gasteiger charge is 2.23. The quantitative estimate of drug-likeness (QED) is 0.247. The van der Waals surface area contributed by atoms with Crippen LogP contribution in [-0.4, -0.2) is 0 Å². The zero-order valence-corrected chi connectivity index (χ0v) is 20.0. The van der Waals surface area contributed by atoms with Crippen molar-refractivity contribution in [3.8, 4) is 22.3 Å². The van der Waals surface area contributed by atoms with Crippen molar-refractivity contribution in [2.75, 3.05) is 0 Å². The largest absolute Gasteiger partial charge is 0.0877 e. The van der Waals surface area contributed by atoms with E-state index in [1.807, 2.05) is 23.5 Å². The molecule has 0 atom stereocenters. The highest BCUT2D eigenvalue weighted by atomic mass is 32.2. The van der Waals surface area contributed by atoms with Gasteiger partial charge in [-0.1, -0.05) is 115 Å². The molecule has 160 valence electrons. The van der Waals surface area contributed by atoms with Crippen LogP contribution in [-0.2, 0) is 0 Å². The van der Waals surface area contributed by atoms with Crippen LogP contribution in [0.3, 0.4) is 0 Å². The van der Waals surface area contributed by atoms with Crippen molar-refractivity contribution >= 4 is 45.1 Å². The molecular weight excluding hydrogens is 448 g/mol. The van der Waals surface area contributed by atoms with Gasteiger partial charge in [0.15, 0.2) is 0 Å². The number of benzene rings is 6. The van der Waals surface area contributed by atoms with Crippen LogP contribution in [0.15, 0.2) is 141 Å². The van der Waals surface area contributed by atoms with E-state index in [2.05, 4.69) is 121 Å². The fourth-order valence-electron chi connectivity index (χ4n) is 4.82. The summed E-state index contributed by atoms with van der Waals surface area (Å²) < 4.78 is 0. The van der Waals surface area contributed by atoms with Gasteiger partial charge in [-0.2, -0.15) is 0 Å². The third kappa shape index (κ3) is 3.34. The maximum Gasteiger partial charge on any atom is 0.0347 e. The van der Waals surface area contributed by atoms with E-state index in [1.165, 1.54) is 63.4 Å². The minimum absolute atomic E-state index is 1.26. The van der Waals surface area contributed by atoms with Crippen molar-refractivity contribution in [2.24, 2.45) is 0 Å². The highest BCUT2D eigenvalue weighted by molar-refractivity contribution is 8.05. The van der Waals surface area contributed by atoms with Crippen molar-refractivity contribution in [1.29, 1.82) is 0 Å². The molecule has 0 spiro atoms. The van der Waals surface area contributed by atoms with Crippen molar-refractivity contribution in [3.63, 3.8) is 0 Å². The van der Waals surface area contributed by atoms with E-state index in [1.54, 1.807) is 0 Å². The Labute approximate surface area is 207 Å². The summed E-state index contributed by atoms with van der Waals surface area (Å²) in [5.74, 6) is 0. The van der Waals surface area contributed by atoms with Gasteiger partial charge in [-0.05, 0) is 68.6 Å². The summed E-state index contributed by atoms with van der Waals surface area (Å²) in [7, 11) is 0. The fourth-order valence-corrected chi connectivity index (χ4v) is 7.24. The molecule has 0 saturated carbocycles. The Morgan fingerprint density at radius 2 is 0.941 bits per heavy atom. The number of fused-ring (bicyclic) bond motifs is 4. The second-order valence-electron chi connectivity index (χ2n) is 8.59. The summed E-state index contributed by atoms with van der Waals surface area (Å²) in [5, 5.41) is 5.09. The van der Waals surface area contributed by atoms with Gasteiger partial charge in [0.1, 0.15) is 0 Å². The van der Waals surface area contributed by atoms with E-state index >= 15 is 0 Å². The van der Waals surface area contributed by atoms with E-state index in [0.717, 1.165) is 0 Å². The molecule has 0 bridgehead atoms. The average Bonchev–Trinajstić information content (AvgIpc) is 2.90. The third-order valence-electron chi connectivity index (χ3n) is 6.50. The van der Waals surface area contributed by atoms with Crippen molar-refractivity contribution in [3.05, 3.63) is 121 Å². The first-order valence-corrected chi connectivity index (χ1v) is 13.1. The van der Waals surface area contributed by atoms with Crippen LogP contribution in [0.4, 0.5) is 0 Å². The van der Waals surface area contributed by atoms with Crippen molar-refractivity contribution in [1.82, 2.24) is 0 Å². The lowest BCUT2D eigenvalue weighted by Crippen LogP contribution is -1.96. The smallest absolute Gasteiger partial charge is 0.0347 e. The molecule has 0 fully saturated rings. The van der Waals surface area contributed by atoms with Gasteiger partial charge in [0.05, 0.1) is 0 Å². The van der Waals surface area contributed by atoms with Crippen LogP contribution in [0, 0.1) is 0 Å². The Bertz CT molecular complexity index is 1710. The maximum absolute atomic E-state index is 2.35. The second-order valence-corrected chi connectivity index (χ2v) is 10.7. The molecule has 6 aromatic rings. The molecule has 0 unspecified atom stereocenters. The molecule has 1 heterocycles. The molecule has 34 heavy (non-hydrogen) atoms. The Hall–Kier alpha value is -3.46. The lowest BCUT2D eigenvalue weighted by molar-refractivity contribution is 1.16. The Morgan fingerprint density at radius 3 is 1.65 bits per heavy atom. The fraction of sp³-hybridized carbons (Fsp3) is 0. The van der Waals surface area contributed by atoms with E-state index in [9.17, 15) is 0 Å². The molecule has 0 nitrogen and oxygen atoms in total. The third-order valence-corrected chi connectivity index (χ3v) is 9.10. The van der Waals surface area contributed by atoms with Gasteiger partial charge in [0, 0.05) is 25.1 Å². The predicted molar refractivity (Wildman–Crippen MR) is 147 cm³/mol. The topological polar surface area (TPSA) is 0 Å². The Balaban J connectivity index is 1.50. The molecule has 0 radical (unpaired) electrons. The SMILES string of the molecule is c1ccc2c(c1)Sc1ccc(-c3ccc4ccccc4c3)c(-c3ccc4ccccc4c3)c1S2. The van der Waals surface area contributed by atoms with E-state index < -0.39 is 0 Å². The summed E-state index contributed by atoms with van der Waals surface area (Å²) in [6.45, 7) is 0. The molecule has 6 aromatic carbocycles. The number of rotatable bonds is 2. The molecule has 0 saturated heterocycles. The average molecular weight is 469 g/mol. The minimum Gasteiger partial charge on any atom is -0.0877 e. The highest BCUT2D eigenvalue weighted by Crippen LogP contribution is 2.54. The molecule has 0 N–H and O–H groups in total. The van der Waals surface area contributed by atoms with E-state index in [0.29, 0.717) is 0 Å². The minimum atomic E-state index is 1.26. The zero-order valence-electron chi connectivity index (χ0n) is 18.4. The summed E-state index contributed by atoms with van der Waals surface area (Å²) >= 11 is 3.78. The monoisotopic (exact) mass is 468 g/mol. The molecule has 0 aliphatic carbocycles. The molecule has 1 aliphatic rings. The molecular formula is C32H20S2. The van der Waals surface area contributed by atoms with Crippen LogP contribution in [0.25, 0.3) is 43.8 Å². The standard InChI is InChI=1S/C32H20S2/c1-3-9-23-19-25(15-13-21(23)7-1)27-17-18-30-32(34-29-12-6-5-11-28(29)33-30)31(27)26-16-14-22-8-2-4-10-24(22)20-26/h1-20H. The van der Waals surface area contributed by atoms with Crippen LogP contribution >= 0.6 is 23.5 Å². The van der Waals surface area contributed by atoms with Gasteiger partial charge in [-0.15, -0.1) is 0 Å². The van der Waals surface area contributed by atoms with Gasteiger partial charge >= 0.3 is 0 Å². The van der Waals surface area contributed by atoms with Crippen molar-refractivity contribution in [2.45, 2.75) is 19.6 Å². The van der Waals surface area contributed by atoms with Gasteiger partial charge in [0.25, 0.3) is 0 Å². The van der Waals surface area contributed by atoms with Crippen LogP contribution in [0.1, 0.15) is 0 Å². The first kappa shape index (κ1) is 20.0. The normalized spacial score (nSPS) is 12.5. The van der Waals surface area contributed by atoms with E-state index in [4.69, 9.17) is 0 Å². The molecule has 2 heteroatoms. The second kappa shape index (κ2) is 8.09. The molecule has 0 amide bonds. The number of hydrogen-bond acceptors (Lipinski definition) is 2. The zero-order chi connectivity index (χ0) is 22.5. The maximum atomic E-state index is 2.35. The van der Waals surface area contributed by atoms with Gasteiger partial charge < -0.3 is 0 Å². The Kier molecular flexibility index (Phi) is 4.75. The van der Waals surface area contributed by atoms with Gasteiger partial charge in [-0.25, -0.2) is 0 Å². The van der Waals surface area contributed by atoms with E-state index in [-0.39, 0.29) is 0 Å². The summed E-state index contributed by atoms with van der Waals surface area (Å²) in [5.41, 5.74) is 5.14. The molecule has 7 rings (SSSR count). The first-order chi connectivity index (χ1) is 16.8. The summed E-state index contributed by atoms with van der Waals surface area (Å²) in [6, 6.07) is 44.3. The Morgan fingerprint density at radius 1 is 0.382 bits per heavy atom. The lowest BCUT2D eigenvalue weighted by Gasteiger charge is -2.24. The number of hydrogen-bond donors (Lipinski definition) is 0. The first-order valence-electron chi connectivity index (χ1n) is 11.4. The van der Waals surface area contributed by atoms with Crippen molar-refractivity contribution < 1.29 is 0 Å². The van der Waals surface area contributed by atoms with Crippen LogP contribution in [0.2, 0.25) is 0 Å². The summed E-state index contributed by atoms with van der Waals surface area (Å²) in [4.78, 5) is 5.35. The molecule has 1 aliphatic heterocycles. The summed E-state index contributed by atoms with van der Waals surface area (Å²) in [6.07, 6.45) is 0. The molecule has 0 aromatic heterocycles. The van der Waals surface area contributed by atoms with Gasteiger partial charge in [0.2, 0.25) is 0 Å². The van der Waals surface area contributed by atoms with Crippen LogP contribution in [0.5, 0.6) is 0 Å². The van der Waals surface area contributed by atoms with Gasteiger partial charge in [-0.3, -0.25) is 0 Å². The lowest BCUT2D eigenvalue weighted by atomic mass is 9.92. The van der Waals surface area contributed by atoms with Crippen LogP contribution < -0.4 is 0 Å². The predicted octanol–water partition coefficient (Wildman–Crippen LogP) is 9.94.